The molecule has 0 aliphatic heterocycles. The van der Waals surface area contributed by atoms with Gasteiger partial charge in [0.05, 0.1) is 11.7 Å². The summed E-state index contributed by atoms with van der Waals surface area (Å²) >= 11 is 12.2. The van der Waals surface area contributed by atoms with Crippen LogP contribution < -0.4 is 11.3 Å². The Morgan fingerprint density at radius 3 is 2.58 bits per heavy atom. The van der Waals surface area contributed by atoms with Crippen LogP contribution in [-0.2, 0) is 0 Å². The fourth-order valence-corrected chi connectivity index (χ4v) is 2.49. The smallest absolute Gasteiger partial charge is 0.0898 e. The topological polar surface area (TPSA) is 50.9 Å². The maximum absolute atomic E-state index is 6.22. The minimum absolute atomic E-state index is 0.285. The molecule has 0 aliphatic rings. The van der Waals surface area contributed by atoms with Crippen molar-refractivity contribution in [3.05, 3.63) is 62.9 Å². The number of hydrogen-bond donors (Lipinski definition) is 2. The highest BCUT2D eigenvalue weighted by Gasteiger charge is 2.19. The van der Waals surface area contributed by atoms with Gasteiger partial charge >= 0.3 is 0 Å². The SMILES string of the molecule is Cc1cnc(C(NN)c2cc(Cl)ccc2Cl)c(C)c1. The summed E-state index contributed by atoms with van der Waals surface area (Å²) in [4.78, 5) is 4.45. The Labute approximate surface area is 122 Å². The molecule has 0 radical (unpaired) electrons. The molecule has 100 valence electrons. The molecule has 3 nitrogen and oxygen atoms in total. The summed E-state index contributed by atoms with van der Waals surface area (Å²) in [7, 11) is 0. The number of nitrogens with zero attached hydrogens (tertiary/aromatic N) is 1. The zero-order valence-electron chi connectivity index (χ0n) is 10.7. The Kier molecular flexibility index (Phi) is 4.42. The molecular formula is C14H15Cl2N3. The number of benzene rings is 1. The van der Waals surface area contributed by atoms with E-state index in [0.717, 1.165) is 22.4 Å². The van der Waals surface area contributed by atoms with E-state index in [2.05, 4.69) is 16.5 Å². The van der Waals surface area contributed by atoms with Crippen molar-refractivity contribution in [2.45, 2.75) is 19.9 Å². The summed E-state index contributed by atoms with van der Waals surface area (Å²) in [6, 6.07) is 7.08. The van der Waals surface area contributed by atoms with E-state index in [4.69, 9.17) is 29.0 Å². The van der Waals surface area contributed by atoms with Gasteiger partial charge in [0.1, 0.15) is 0 Å². The summed E-state index contributed by atoms with van der Waals surface area (Å²) in [5.74, 6) is 5.67. The predicted octanol–water partition coefficient (Wildman–Crippen LogP) is 3.56. The van der Waals surface area contributed by atoms with E-state index in [0.29, 0.717) is 10.0 Å². The van der Waals surface area contributed by atoms with E-state index in [1.807, 2.05) is 20.0 Å². The van der Waals surface area contributed by atoms with Crippen molar-refractivity contribution < 1.29 is 0 Å². The molecule has 0 bridgehead atoms. The van der Waals surface area contributed by atoms with Gasteiger partial charge in [0.25, 0.3) is 0 Å². The van der Waals surface area contributed by atoms with Crippen molar-refractivity contribution in [1.82, 2.24) is 10.4 Å². The van der Waals surface area contributed by atoms with Gasteiger partial charge in [-0.2, -0.15) is 0 Å². The summed E-state index contributed by atoms with van der Waals surface area (Å²) in [5.41, 5.74) is 6.58. The van der Waals surface area contributed by atoms with Gasteiger partial charge < -0.3 is 0 Å². The normalized spacial score (nSPS) is 12.5. The molecule has 0 spiro atoms. The molecule has 5 heteroatoms. The largest absolute Gasteiger partial charge is 0.271 e. The maximum Gasteiger partial charge on any atom is 0.0898 e. The van der Waals surface area contributed by atoms with Gasteiger partial charge in [-0.05, 0) is 48.7 Å². The predicted molar refractivity (Wildman–Crippen MR) is 79.3 cm³/mol. The van der Waals surface area contributed by atoms with E-state index in [9.17, 15) is 0 Å². The summed E-state index contributed by atoms with van der Waals surface area (Å²) in [5, 5.41) is 1.22. The molecule has 2 rings (SSSR count). The highest BCUT2D eigenvalue weighted by atomic mass is 35.5. The molecule has 0 aliphatic carbocycles. The first kappa shape index (κ1) is 14.3. The first-order chi connectivity index (χ1) is 9.02. The van der Waals surface area contributed by atoms with Crippen LogP contribution >= 0.6 is 23.2 Å². The van der Waals surface area contributed by atoms with E-state index < -0.39 is 0 Å². The zero-order valence-corrected chi connectivity index (χ0v) is 12.3. The van der Waals surface area contributed by atoms with Crippen LogP contribution in [0.3, 0.4) is 0 Å². The number of aryl methyl sites for hydroxylation is 2. The molecule has 1 aromatic heterocycles. The number of nitrogens with one attached hydrogen (secondary N) is 1. The number of hydrazine groups is 1. The Balaban J connectivity index is 2.52. The molecule has 3 N–H and O–H groups in total. The molecule has 0 saturated heterocycles. The second kappa shape index (κ2) is 5.88. The number of pyridine rings is 1. The van der Waals surface area contributed by atoms with E-state index in [-0.39, 0.29) is 6.04 Å². The third-order valence-corrected chi connectivity index (χ3v) is 3.54. The van der Waals surface area contributed by atoms with E-state index in [1.54, 1.807) is 18.2 Å². The maximum atomic E-state index is 6.22. The van der Waals surface area contributed by atoms with Gasteiger partial charge in [0, 0.05) is 16.2 Å². The van der Waals surface area contributed by atoms with Crippen LogP contribution in [0.2, 0.25) is 10.0 Å². The molecule has 1 atom stereocenters. The summed E-state index contributed by atoms with van der Waals surface area (Å²) in [6.45, 7) is 4.00. The summed E-state index contributed by atoms with van der Waals surface area (Å²) < 4.78 is 0. The quantitative estimate of drug-likeness (QED) is 0.672. The van der Waals surface area contributed by atoms with Crippen LogP contribution in [0.25, 0.3) is 0 Å². The number of aromatic nitrogens is 1. The molecular weight excluding hydrogens is 281 g/mol. The van der Waals surface area contributed by atoms with Crippen molar-refractivity contribution in [3.63, 3.8) is 0 Å². The van der Waals surface area contributed by atoms with Crippen molar-refractivity contribution in [3.8, 4) is 0 Å². The van der Waals surface area contributed by atoms with Crippen molar-refractivity contribution in [2.24, 2.45) is 5.84 Å². The third-order valence-electron chi connectivity index (χ3n) is 2.96. The lowest BCUT2D eigenvalue weighted by molar-refractivity contribution is 0.617. The van der Waals surface area contributed by atoms with Crippen molar-refractivity contribution in [2.75, 3.05) is 0 Å². The van der Waals surface area contributed by atoms with E-state index >= 15 is 0 Å². The third kappa shape index (κ3) is 3.07. The Hall–Kier alpha value is -1.13. The number of nitrogens with two attached hydrogens (primary N) is 1. The summed E-state index contributed by atoms with van der Waals surface area (Å²) in [6.07, 6.45) is 1.81. The average molecular weight is 296 g/mol. The van der Waals surface area contributed by atoms with Crippen molar-refractivity contribution in [1.29, 1.82) is 0 Å². The number of hydrogen-bond acceptors (Lipinski definition) is 3. The molecule has 1 aromatic carbocycles. The van der Waals surface area contributed by atoms with Gasteiger partial charge in [0.2, 0.25) is 0 Å². The fraction of sp³-hybridized carbons (Fsp3) is 0.214. The van der Waals surface area contributed by atoms with Gasteiger partial charge in [-0.25, -0.2) is 5.43 Å². The minimum Gasteiger partial charge on any atom is -0.271 e. The molecule has 0 fully saturated rings. The van der Waals surface area contributed by atoms with E-state index in [1.165, 1.54) is 0 Å². The minimum atomic E-state index is -0.285. The second-order valence-electron chi connectivity index (χ2n) is 4.48. The Morgan fingerprint density at radius 2 is 1.95 bits per heavy atom. The monoisotopic (exact) mass is 295 g/mol. The Bertz CT molecular complexity index is 599. The van der Waals surface area contributed by atoms with Gasteiger partial charge in [-0.3, -0.25) is 10.8 Å². The van der Waals surface area contributed by atoms with Crippen LogP contribution in [0.15, 0.2) is 30.5 Å². The van der Waals surface area contributed by atoms with Gasteiger partial charge in [0.15, 0.2) is 0 Å². The van der Waals surface area contributed by atoms with Gasteiger partial charge in [-0.15, -0.1) is 0 Å². The average Bonchev–Trinajstić information content (AvgIpc) is 2.36. The van der Waals surface area contributed by atoms with Crippen LogP contribution in [0.1, 0.15) is 28.4 Å². The molecule has 0 amide bonds. The molecule has 2 aromatic rings. The van der Waals surface area contributed by atoms with Gasteiger partial charge in [-0.1, -0.05) is 29.3 Å². The molecule has 0 saturated carbocycles. The molecule has 1 unspecified atom stereocenters. The number of rotatable bonds is 3. The lowest BCUT2D eigenvalue weighted by atomic mass is 9.99. The molecule has 19 heavy (non-hydrogen) atoms. The van der Waals surface area contributed by atoms with Crippen LogP contribution in [0, 0.1) is 13.8 Å². The first-order valence-corrected chi connectivity index (χ1v) is 6.62. The fourth-order valence-electron chi connectivity index (χ4n) is 2.08. The van der Waals surface area contributed by atoms with Crippen molar-refractivity contribution >= 4 is 23.2 Å². The Morgan fingerprint density at radius 1 is 1.21 bits per heavy atom. The highest BCUT2D eigenvalue weighted by molar-refractivity contribution is 6.33. The highest BCUT2D eigenvalue weighted by Crippen LogP contribution is 2.30. The zero-order chi connectivity index (χ0) is 14.0. The van der Waals surface area contributed by atoms with Crippen LogP contribution in [0.5, 0.6) is 0 Å². The van der Waals surface area contributed by atoms with Crippen LogP contribution in [-0.4, -0.2) is 4.98 Å². The lowest BCUT2D eigenvalue weighted by Crippen LogP contribution is -2.30. The lowest BCUT2D eigenvalue weighted by Gasteiger charge is -2.19. The molecule has 1 heterocycles. The number of halogens is 2. The first-order valence-electron chi connectivity index (χ1n) is 5.87. The standard InChI is InChI=1S/C14H15Cl2N3/c1-8-5-9(2)13(18-7-8)14(19-17)11-6-10(15)3-4-12(11)16/h3-7,14,19H,17H2,1-2H3. The second-order valence-corrected chi connectivity index (χ2v) is 5.32. The van der Waals surface area contributed by atoms with Crippen LogP contribution in [0.4, 0.5) is 0 Å².